The van der Waals surface area contributed by atoms with E-state index < -0.39 is 0 Å². The highest BCUT2D eigenvalue weighted by atomic mass is 16.2. The number of amides is 2. The lowest BCUT2D eigenvalue weighted by Gasteiger charge is -2.45. The highest BCUT2D eigenvalue weighted by molar-refractivity contribution is 5.97. The summed E-state index contributed by atoms with van der Waals surface area (Å²) in [6.07, 6.45) is 8.20. The van der Waals surface area contributed by atoms with Gasteiger partial charge in [0, 0.05) is 6.04 Å². The quantitative estimate of drug-likeness (QED) is 0.847. The van der Waals surface area contributed by atoms with E-state index >= 15 is 0 Å². The molecule has 1 saturated carbocycles. The zero-order chi connectivity index (χ0) is 15.4. The molecule has 4 heteroatoms. The first-order valence-corrected chi connectivity index (χ1v) is 8.67. The zero-order valence-corrected chi connectivity index (χ0v) is 13.7. The van der Waals surface area contributed by atoms with Crippen LogP contribution in [0, 0.1) is 5.92 Å². The third kappa shape index (κ3) is 3.78. The van der Waals surface area contributed by atoms with Crippen LogP contribution in [0.4, 0.5) is 0 Å². The zero-order valence-electron chi connectivity index (χ0n) is 13.7. The fourth-order valence-corrected chi connectivity index (χ4v) is 3.73. The van der Waals surface area contributed by atoms with Gasteiger partial charge in [-0.15, -0.1) is 0 Å². The minimum atomic E-state index is -0.298. The summed E-state index contributed by atoms with van der Waals surface area (Å²) in [4.78, 5) is 27.3. The Hall–Kier alpha value is -1.06. The topological polar surface area (TPSA) is 49.4 Å². The molecule has 1 aliphatic carbocycles. The molecule has 2 aliphatic rings. The Balaban J connectivity index is 2.20. The third-order valence-electron chi connectivity index (χ3n) is 4.75. The van der Waals surface area contributed by atoms with Gasteiger partial charge in [0.1, 0.15) is 12.1 Å². The molecule has 0 aromatic rings. The Bertz CT molecular complexity index is 375. The molecule has 2 fully saturated rings. The Morgan fingerprint density at radius 1 is 1.19 bits per heavy atom. The molecular formula is C17H30N2O2. The van der Waals surface area contributed by atoms with Crippen LogP contribution in [0.5, 0.6) is 0 Å². The molecule has 0 aromatic heterocycles. The van der Waals surface area contributed by atoms with Crippen LogP contribution in [0.1, 0.15) is 72.1 Å². The van der Waals surface area contributed by atoms with Gasteiger partial charge in [0.25, 0.3) is 0 Å². The van der Waals surface area contributed by atoms with Gasteiger partial charge in [-0.25, -0.2) is 0 Å². The summed E-state index contributed by atoms with van der Waals surface area (Å²) >= 11 is 0. The predicted molar refractivity (Wildman–Crippen MR) is 83.8 cm³/mol. The van der Waals surface area contributed by atoms with Crippen LogP contribution in [0.15, 0.2) is 0 Å². The number of carbonyl (C=O) groups is 2. The Morgan fingerprint density at radius 3 is 2.43 bits per heavy atom. The lowest BCUT2D eigenvalue weighted by molar-refractivity contribution is -0.154. The average Bonchev–Trinajstić information content (AvgIpc) is 2.45. The SMILES string of the molecule is CCCC1NC(=O)C(CC(C)C)N(C2CCCCC2)C1=O. The maximum absolute atomic E-state index is 12.9. The number of hydrogen-bond acceptors (Lipinski definition) is 2. The van der Waals surface area contributed by atoms with Crippen LogP contribution in [-0.4, -0.2) is 34.8 Å². The lowest BCUT2D eigenvalue weighted by Crippen LogP contribution is -2.66. The largest absolute Gasteiger partial charge is 0.343 e. The number of piperazine rings is 1. The Labute approximate surface area is 128 Å². The second kappa shape index (κ2) is 7.28. The van der Waals surface area contributed by atoms with Gasteiger partial charge in [0.05, 0.1) is 0 Å². The molecule has 4 nitrogen and oxygen atoms in total. The molecule has 1 saturated heterocycles. The van der Waals surface area contributed by atoms with E-state index in [0.717, 1.165) is 32.1 Å². The normalized spacial score (nSPS) is 28.1. The highest BCUT2D eigenvalue weighted by Gasteiger charge is 2.43. The van der Waals surface area contributed by atoms with Crippen LogP contribution >= 0.6 is 0 Å². The third-order valence-corrected chi connectivity index (χ3v) is 4.75. The van der Waals surface area contributed by atoms with Gasteiger partial charge in [-0.1, -0.05) is 46.5 Å². The first kappa shape index (κ1) is 16.3. The predicted octanol–water partition coefficient (Wildman–Crippen LogP) is 2.86. The van der Waals surface area contributed by atoms with Gasteiger partial charge in [-0.05, 0) is 31.6 Å². The molecule has 0 spiro atoms. The second-order valence-electron chi connectivity index (χ2n) is 7.03. The maximum Gasteiger partial charge on any atom is 0.246 e. The number of nitrogens with zero attached hydrogens (tertiary/aromatic N) is 1. The van der Waals surface area contributed by atoms with Gasteiger partial charge in [0.2, 0.25) is 11.8 Å². The highest BCUT2D eigenvalue weighted by Crippen LogP contribution is 2.29. The van der Waals surface area contributed by atoms with E-state index in [0.29, 0.717) is 5.92 Å². The lowest BCUT2D eigenvalue weighted by atomic mass is 9.88. The fourth-order valence-electron chi connectivity index (χ4n) is 3.73. The molecular weight excluding hydrogens is 264 g/mol. The molecule has 120 valence electrons. The van der Waals surface area contributed by atoms with E-state index in [1.165, 1.54) is 19.3 Å². The second-order valence-corrected chi connectivity index (χ2v) is 7.03. The van der Waals surface area contributed by atoms with Gasteiger partial charge < -0.3 is 10.2 Å². The molecule has 1 aliphatic heterocycles. The van der Waals surface area contributed by atoms with Crippen LogP contribution in [-0.2, 0) is 9.59 Å². The van der Waals surface area contributed by atoms with Crippen molar-refractivity contribution in [2.75, 3.05) is 0 Å². The Morgan fingerprint density at radius 2 is 1.86 bits per heavy atom. The van der Waals surface area contributed by atoms with E-state index in [2.05, 4.69) is 26.1 Å². The van der Waals surface area contributed by atoms with Crippen molar-refractivity contribution in [3.8, 4) is 0 Å². The minimum absolute atomic E-state index is 0.0623. The molecule has 2 amide bonds. The van der Waals surface area contributed by atoms with Crippen molar-refractivity contribution in [2.45, 2.75) is 90.3 Å². The summed E-state index contributed by atoms with van der Waals surface area (Å²) in [7, 11) is 0. The maximum atomic E-state index is 12.9. The van der Waals surface area contributed by atoms with Crippen molar-refractivity contribution in [1.29, 1.82) is 0 Å². The van der Waals surface area contributed by atoms with Crippen LogP contribution in [0.2, 0.25) is 0 Å². The number of hydrogen-bond donors (Lipinski definition) is 1. The van der Waals surface area contributed by atoms with Crippen molar-refractivity contribution in [3.05, 3.63) is 0 Å². The number of carbonyl (C=O) groups excluding carboxylic acids is 2. The van der Waals surface area contributed by atoms with Crippen LogP contribution in [0.25, 0.3) is 0 Å². The van der Waals surface area contributed by atoms with Gasteiger partial charge in [0.15, 0.2) is 0 Å². The summed E-state index contributed by atoms with van der Waals surface area (Å²) in [5.41, 5.74) is 0. The number of rotatable bonds is 5. The summed E-state index contributed by atoms with van der Waals surface area (Å²) in [5, 5.41) is 2.96. The van der Waals surface area contributed by atoms with Crippen molar-refractivity contribution in [3.63, 3.8) is 0 Å². The smallest absolute Gasteiger partial charge is 0.246 e. The van der Waals surface area contributed by atoms with Gasteiger partial charge >= 0.3 is 0 Å². The van der Waals surface area contributed by atoms with Gasteiger partial charge in [-0.3, -0.25) is 9.59 Å². The molecule has 21 heavy (non-hydrogen) atoms. The van der Waals surface area contributed by atoms with Crippen molar-refractivity contribution in [2.24, 2.45) is 5.92 Å². The molecule has 0 radical (unpaired) electrons. The average molecular weight is 294 g/mol. The van der Waals surface area contributed by atoms with Crippen LogP contribution in [0.3, 0.4) is 0 Å². The molecule has 1 N–H and O–H groups in total. The summed E-state index contributed by atoms with van der Waals surface area (Å²) in [5.74, 6) is 0.642. The standard InChI is InChI=1S/C17H30N2O2/c1-4-8-14-17(21)19(13-9-6-5-7-10-13)15(11-12(2)3)16(20)18-14/h12-15H,4-11H2,1-3H3,(H,18,20). The van der Waals surface area contributed by atoms with Gasteiger partial charge in [-0.2, -0.15) is 0 Å². The van der Waals surface area contributed by atoms with Crippen molar-refractivity contribution >= 4 is 11.8 Å². The molecule has 0 bridgehead atoms. The molecule has 2 rings (SSSR count). The van der Waals surface area contributed by atoms with E-state index in [9.17, 15) is 9.59 Å². The first-order valence-electron chi connectivity index (χ1n) is 8.67. The summed E-state index contributed by atoms with van der Waals surface area (Å²) < 4.78 is 0. The minimum Gasteiger partial charge on any atom is -0.343 e. The first-order chi connectivity index (χ1) is 10.0. The molecule has 2 atom stereocenters. The molecule has 1 heterocycles. The van der Waals surface area contributed by atoms with E-state index in [-0.39, 0.29) is 29.9 Å². The summed E-state index contributed by atoms with van der Waals surface area (Å²) in [6, 6.07) is -0.276. The van der Waals surface area contributed by atoms with Crippen molar-refractivity contribution < 1.29 is 9.59 Å². The van der Waals surface area contributed by atoms with E-state index in [4.69, 9.17) is 0 Å². The number of nitrogens with one attached hydrogen (secondary N) is 1. The fraction of sp³-hybridized carbons (Fsp3) is 0.882. The van der Waals surface area contributed by atoms with Crippen molar-refractivity contribution in [1.82, 2.24) is 10.2 Å². The summed E-state index contributed by atoms with van der Waals surface area (Å²) in [6.45, 7) is 6.30. The van der Waals surface area contributed by atoms with Crippen LogP contribution < -0.4 is 5.32 Å². The Kier molecular flexibility index (Phi) is 5.65. The molecule has 2 unspecified atom stereocenters. The molecule has 0 aromatic carbocycles. The monoisotopic (exact) mass is 294 g/mol. The van der Waals surface area contributed by atoms with E-state index in [1.54, 1.807) is 0 Å². The van der Waals surface area contributed by atoms with E-state index in [1.807, 2.05) is 4.90 Å².